The third kappa shape index (κ3) is 2.47. The lowest BCUT2D eigenvalue weighted by atomic mass is 10.00. The molecule has 8 heteroatoms. The van der Waals surface area contributed by atoms with Crippen molar-refractivity contribution in [3.63, 3.8) is 0 Å². The highest BCUT2D eigenvalue weighted by Gasteiger charge is 2.56. The second-order valence-electron chi connectivity index (χ2n) is 6.39. The highest BCUT2D eigenvalue weighted by Crippen LogP contribution is 2.33. The van der Waals surface area contributed by atoms with Gasteiger partial charge in [0.2, 0.25) is 17.7 Å². The Balaban J connectivity index is 1.92. The average molecular weight is 346 g/mol. The lowest BCUT2D eigenvalue weighted by molar-refractivity contribution is -0.154. The Morgan fingerprint density at radius 1 is 1.33 bits per heavy atom. The minimum atomic E-state index is -1.07. The van der Waals surface area contributed by atoms with Crippen LogP contribution < -0.4 is 10.6 Å². The molecule has 7 nitrogen and oxygen atoms in total. The molecule has 0 radical (unpaired) electrons. The standard InChI is InChI=1S/C16H18N4O3S/c1-9-6-4-5-7-10(9)17-13(22)11-8-12(21)19-15(24)18-14(23)16(2,3)20(11)19/h4-7,11H,8H2,1-3H3,(H,17,22)(H,18,23,24)/t11-/m1/s1. The van der Waals surface area contributed by atoms with Gasteiger partial charge in [-0.05, 0) is 44.6 Å². The third-order valence-corrected chi connectivity index (χ3v) is 4.64. The summed E-state index contributed by atoms with van der Waals surface area (Å²) in [5.41, 5.74) is 0.524. The SMILES string of the molecule is Cc1ccccc1NC(=O)[C@H]1CC(=O)N2C(=S)NC(=O)C(C)(C)N12. The van der Waals surface area contributed by atoms with Crippen LogP contribution in [0.15, 0.2) is 24.3 Å². The van der Waals surface area contributed by atoms with Crippen LogP contribution in [-0.4, -0.2) is 44.4 Å². The zero-order chi connectivity index (χ0) is 17.6. The molecule has 3 amide bonds. The van der Waals surface area contributed by atoms with Crippen LogP contribution in [0.5, 0.6) is 0 Å². The van der Waals surface area contributed by atoms with Gasteiger partial charge in [0.25, 0.3) is 0 Å². The molecule has 2 aliphatic rings. The number of thiocarbonyl (C=S) groups is 1. The predicted molar refractivity (Wildman–Crippen MR) is 91.7 cm³/mol. The monoisotopic (exact) mass is 346 g/mol. The first-order valence-electron chi connectivity index (χ1n) is 7.57. The molecule has 2 N–H and O–H groups in total. The van der Waals surface area contributed by atoms with Gasteiger partial charge in [0.1, 0.15) is 11.6 Å². The summed E-state index contributed by atoms with van der Waals surface area (Å²) in [6.07, 6.45) is -0.0315. The Kier molecular flexibility index (Phi) is 3.89. The fraction of sp³-hybridized carbons (Fsp3) is 0.375. The zero-order valence-electron chi connectivity index (χ0n) is 13.6. The summed E-state index contributed by atoms with van der Waals surface area (Å²) in [5, 5.41) is 8.06. The second kappa shape index (κ2) is 5.64. The Morgan fingerprint density at radius 3 is 2.67 bits per heavy atom. The summed E-state index contributed by atoms with van der Waals surface area (Å²) in [7, 11) is 0. The number of carbonyl (C=O) groups excluding carboxylic acids is 3. The number of fused-ring (bicyclic) bond motifs is 1. The van der Waals surface area contributed by atoms with Crippen LogP contribution in [0.4, 0.5) is 5.69 Å². The predicted octanol–water partition coefficient (Wildman–Crippen LogP) is 0.945. The smallest absolute Gasteiger partial charge is 0.248 e. The summed E-state index contributed by atoms with van der Waals surface area (Å²) < 4.78 is 0. The number of rotatable bonds is 2. The molecule has 0 aromatic heterocycles. The molecular formula is C16H18N4O3S. The van der Waals surface area contributed by atoms with Gasteiger partial charge in [-0.2, -0.15) is 5.01 Å². The Morgan fingerprint density at radius 2 is 2.00 bits per heavy atom. The number of nitrogens with one attached hydrogen (secondary N) is 2. The van der Waals surface area contributed by atoms with Gasteiger partial charge in [0.05, 0.1) is 6.42 Å². The van der Waals surface area contributed by atoms with Crippen molar-refractivity contribution in [3.8, 4) is 0 Å². The van der Waals surface area contributed by atoms with Gasteiger partial charge < -0.3 is 5.32 Å². The van der Waals surface area contributed by atoms with E-state index in [1.807, 2.05) is 25.1 Å². The normalized spacial score (nSPS) is 23.0. The lowest BCUT2D eigenvalue weighted by Gasteiger charge is -2.45. The fourth-order valence-electron chi connectivity index (χ4n) is 2.99. The molecular weight excluding hydrogens is 328 g/mol. The van der Waals surface area contributed by atoms with E-state index < -0.39 is 11.6 Å². The van der Waals surface area contributed by atoms with E-state index in [1.54, 1.807) is 19.9 Å². The van der Waals surface area contributed by atoms with Gasteiger partial charge in [-0.3, -0.25) is 19.7 Å². The van der Waals surface area contributed by atoms with Crippen molar-refractivity contribution in [1.82, 2.24) is 15.3 Å². The van der Waals surface area contributed by atoms with Gasteiger partial charge in [-0.1, -0.05) is 18.2 Å². The van der Waals surface area contributed by atoms with Crippen LogP contribution in [0.3, 0.4) is 0 Å². The van der Waals surface area contributed by atoms with Crippen LogP contribution in [0.25, 0.3) is 0 Å². The van der Waals surface area contributed by atoms with E-state index in [1.165, 1.54) is 10.0 Å². The number of hydrazine groups is 1. The van der Waals surface area contributed by atoms with E-state index in [2.05, 4.69) is 10.6 Å². The molecule has 1 atom stereocenters. The molecule has 0 saturated carbocycles. The van der Waals surface area contributed by atoms with Crippen molar-refractivity contribution < 1.29 is 14.4 Å². The Labute approximate surface area is 145 Å². The highest BCUT2D eigenvalue weighted by molar-refractivity contribution is 7.80. The first-order valence-corrected chi connectivity index (χ1v) is 7.98. The average Bonchev–Trinajstić information content (AvgIpc) is 2.87. The molecule has 0 spiro atoms. The van der Waals surface area contributed by atoms with Crippen LogP contribution in [0.1, 0.15) is 25.8 Å². The number of hydrogen-bond acceptors (Lipinski definition) is 5. The van der Waals surface area contributed by atoms with Gasteiger partial charge in [-0.15, -0.1) is 0 Å². The minimum Gasteiger partial charge on any atom is -0.324 e. The molecule has 2 saturated heterocycles. The quantitative estimate of drug-likeness (QED) is 0.779. The topological polar surface area (TPSA) is 81.8 Å². The number of nitrogens with zero attached hydrogens (tertiary/aromatic N) is 2. The first kappa shape index (κ1) is 16.5. The zero-order valence-corrected chi connectivity index (χ0v) is 14.4. The Bertz CT molecular complexity index is 761. The number of anilines is 1. The molecule has 0 unspecified atom stereocenters. The molecule has 2 aliphatic heterocycles. The van der Waals surface area contributed by atoms with E-state index in [0.717, 1.165) is 5.56 Å². The summed E-state index contributed by atoms with van der Waals surface area (Å²) in [6, 6.07) is 6.58. The van der Waals surface area contributed by atoms with Crippen molar-refractivity contribution in [2.24, 2.45) is 0 Å². The van der Waals surface area contributed by atoms with Gasteiger partial charge in [0, 0.05) is 5.69 Å². The maximum Gasteiger partial charge on any atom is 0.248 e. The molecule has 0 bridgehead atoms. The van der Waals surface area contributed by atoms with E-state index in [-0.39, 0.29) is 29.3 Å². The number of hydrogen-bond donors (Lipinski definition) is 2. The maximum atomic E-state index is 12.8. The van der Waals surface area contributed by atoms with Gasteiger partial charge in [-0.25, -0.2) is 5.01 Å². The van der Waals surface area contributed by atoms with E-state index in [4.69, 9.17) is 12.2 Å². The second-order valence-corrected chi connectivity index (χ2v) is 6.78. The lowest BCUT2D eigenvalue weighted by Crippen LogP contribution is -2.71. The number of amides is 3. The maximum absolute atomic E-state index is 12.8. The molecule has 2 fully saturated rings. The van der Waals surface area contributed by atoms with Crippen LogP contribution in [0.2, 0.25) is 0 Å². The van der Waals surface area contributed by atoms with E-state index >= 15 is 0 Å². The van der Waals surface area contributed by atoms with Gasteiger partial charge in [0.15, 0.2) is 5.11 Å². The van der Waals surface area contributed by atoms with Crippen LogP contribution >= 0.6 is 12.2 Å². The van der Waals surface area contributed by atoms with Gasteiger partial charge >= 0.3 is 0 Å². The molecule has 3 rings (SSSR count). The van der Waals surface area contributed by atoms with E-state index in [0.29, 0.717) is 5.69 Å². The molecule has 0 aliphatic carbocycles. The van der Waals surface area contributed by atoms with Crippen molar-refractivity contribution in [3.05, 3.63) is 29.8 Å². The van der Waals surface area contributed by atoms with Crippen molar-refractivity contribution in [2.75, 3.05) is 5.32 Å². The minimum absolute atomic E-state index is 0.00974. The first-order chi connectivity index (χ1) is 11.2. The summed E-state index contributed by atoms with van der Waals surface area (Å²) in [6.45, 7) is 5.20. The van der Waals surface area contributed by atoms with Crippen LogP contribution in [-0.2, 0) is 14.4 Å². The summed E-state index contributed by atoms with van der Waals surface area (Å²) >= 11 is 5.09. The van der Waals surface area contributed by atoms with Crippen LogP contribution in [0, 0.1) is 6.92 Å². The number of benzene rings is 1. The molecule has 1 aromatic rings. The third-order valence-electron chi connectivity index (χ3n) is 4.36. The molecule has 126 valence electrons. The number of aryl methyl sites for hydroxylation is 1. The van der Waals surface area contributed by atoms with Crippen molar-refractivity contribution in [2.45, 2.75) is 38.8 Å². The summed E-state index contributed by atoms with van der Waals surface area (Å²) in [5.74, 6) is -0.990. The van der Waals surface area contributed by atoms with Crippen molar-refractivity contribution in [1.29, 1.82) is 0 Å². The summed E-state index contributed by atoms with van der Waals surface area (Å²) in [4.78, 5) is 37.3. The fourth-order valence-corrected chi connectivity index (χ4v) is 3.27. The highest BCUT2D eigenvalue weighted by atomic mass is 32.1. The number of carbonyl (C=O) groups is 3. The molecule has 24 heavy (non-hydrogen) atoms. The number of para-hydroxylation sites is 1. The van der Waals surface area contributed by atoms with E-state index in [9.17, 15) is 14.4 Å². The Hall–Kier alpha value is -2.32. The molecule has 1 aromatic carbocycles. The largest absolute Gasteiger partial charge is 0.324 e. The van der Waals surface area contributed by atoms with Crippen molar-refractivity contribution >= 4 is 40.7 Å². The molecule has 2 heterocycles.